The van der Waals surface area contributed by atoms with Crippen molar-refractivity contribution in [3.05, 3.63) is 22.0 Å². The Balaban J connectivity index is 3.39. The van der Waals surface area contributed by atoms with Crippen LogP contribution in [0.25, 0.3) is 0 Å². The van der Waals surface area contributed by atoms with E-state index in [-0.39, 0.29) is 17.4 Å². The molecule has 0 spiro atoms. The molecule has 0 fully saturated rings. The fourth-order valence-electron chi connectivity index (χ4n) is 1.30. The molecular formula is C10H15N3O2. The molecule has 0 bridgehead atoms. The molecule has 4 N–H and O–H groups in total. The lowest BCUT2D eigenvalue weighted by atomic mass is 10.00. The summed E-state index contributed by atoms with van der Waals surface area (Å²) >= 11 is 0. The third-order valence-corrected chi connectivity index (χ3v) is 2.12. The minimum atomic E-state index is -0.392. The van der Waals surface area contributed by atoms with E-state index in [1.807, 2.05) is 13.8 Å². The lowest BCUT2D eigenvalue weighted by Gasteiger charge is -2.13. The molecule has 1 aromatic heterocycles. The predicted molar refractivity (Wildman–Crippen MR) is 59.9 cm³/mol. The molecule has 0 unspecified atom stereocenters. The lowest BCUT2D eigenvalue weighted by molar-refractivity contribution is 0.472. The van der Waals surface area contributed by atoms with Crippen molar-refractivity contribution in [3.63, 3.8) is 0 Å². The molecule has 0 aromatic carbocycles. The van der Waals surface area contributed by atoms with E-state index in [4.69, 9.17) is 5.41 Å². The molecule has 0 saturated heterocycles. The number of nitrogens with one attached hydrogen (secondary N) is 3. The van der Waals surface area contributed by atoms with Crippen LogP contribution in [0.4, 0.5) is 5.82 Å². The summed E-state index contributed by atoms with van der Waals surface area (Å²) < 4.78 is 0. The maximum atomic E-state index is 11.1. The molecule has 0 radical (unpaired) electrons. The Labute approximate surface area is 87.7 Å². The number of hydrogen-bond acceptors (Lipinski definition) is 4. The lowest BCUT2D eigenvalue weighted by Crippen LogP contribution is -2.16. The van der Waals surface area contributed by atoms with Gasteiger partial charge in [-0.25, -0.2) is 0 Å². The van der Waals surface area contributed by atoms with Gasteiger partial charge in [-0.1, -0.05) is 13.8 Å². The van der Waals surface area contributed by atoms with Crippen molar-refractivity contribution < 1.29 is 5.11 Å². The maximum Gasteiger partial charge on any atom is 0.253 e. The molecular weight excluding hydrogens is 194 g/mol. The number of pyridine rings is 1. The van der Waals surface area contributed by atoms with Crippen LogP contribution >= 0.6 is 0 Å². The first-order valence-corrected chi connectivity index (χ1v) is 4.70. The van der Waals surface area contributed by atoms with E-state index >= 15 is 0 Å². The molecule has 82 valence electrons. The van der Waals surface area contributed by atoms with E-state index in [2.05, 4.69) is 10.3 Å². The quantitative estimate of drug-likeness (QED) is 0.563. The molecule has 5 heteroatoms. The SMILES string of the molecule is CNc1[nH]c(=O)cc(O)c1C(=N)C(C)C. The Bertz CT molecular complexity index is 435. The number of aromatic nitrogens is 1. The van der Waals surface area contributed by atoms with E-state index in [0.717, 1.165) is 6.07 Å². The number of aromatic amines is 1. The molecule has 1 heterocycles. The Kier molecular flexibility index (Phi) is 3.14. The van der Waals surface area contributed by atoms with Crippen molar-refractivity contribution in [2.24, 2.45) is 5.92 Å². The number of H-pyrrole nitrogens is 1. The van der Waals surface area contributed by atoms with Gasteiger partial charge in [-0.05, 0) is 5.92 Å². The van der Waals surface area contributed by atoms with E-state index in [1.165, 1.54) is 0 Å². The molecule has 0 aliphatic rings. The van der Waals surface area contributed by atoms with Crippen LogP contribution in [0.1, 0.15) is 19.4 Å². The smallest absolute Gasteiger partial charge is 0.253 e. The molecule has 1 rings (SSSR count). The summed E-state index contributed by atoms with van der Waals surface area (Å²) in [6.45, 7) is 3.71. The molecule has 1 aromatic rings. The van der Waals surface area contributed by atoms with Gasteiger partial charge in [0.25, 0.3) is 5.56 Å². The number of anilines is 1. The van der Waals surface area contributed by atoms with E-state index in [9.17, 15) is 9.90 Å². The van der Waals surface area contributed by atoms with Crippen LogP contribution < -0.4 is 10.9 Å². The fraction of sp³-hybridized carbons (Fsp3) is 0.400. The van der Waals surface area contributed by atoms with Crippen LogP contribution in [0, 0.1) is 11.3 Å². The summed E-state index contributed by atoms with van der Waals surface area (Å²) in [5.41, 5.74) is 0.248. The average Bonchev–Trinajstić information content (AvgIpc) is 2.15. The molecule has 5 nitrogen and oxygen atoms in total. The van der Waals surface area contributed by atoms with Gasteiger partial charge in [-0.15, -0.1) is 0 Å². The van der Waals surface area contributed by atoms with Gasteiger partial charge in [-0.3, -0.25) is 4.79 Å². The van der Waals surface area contributed by atoms with Crippen molar-refractivity contribution in [1.29, 1.82) is 5.41 Å². The number of aromatic hydroxyl groups is 1. The van der Waals surface area contributed by atoms with Gasteiger partial charge >= 0.3 is 0 Å². The monoisotopic (exact) mass is 209 g/mol. The maximum absolute atomic E-state index is 11.1. The Hall–Kier alpha value is -1.78. The van der Waals surface area contributed by atoms with Crippen LogP contribution in [-0.2, 0) is 0 Å². The van der Waals surface area contributed by atoms with Gasteiger partial charge in [0.1, 0.15) is 11.6 Å². The van der Waals surface area contributed by atoms with Crippen molar-refractivity contribution in [2.45, 2.75) is 13.8 Å². The number of rotatable bonds is 3. The molecule has 0 saturated carbocycles. The van der Waals surface area contributed by atoms with E-state index in [1.54, 1.807) is 7.05 Å². The van der Waals surface area contributed by atoms with Crippen LogP contribution in [0.2, 0.25) is 0 Å². The Morgan fingerprint density at radius 3 is 2.67 bits per heavy atom. The molecule has 0 amide bonds. The minimum absolute atomic E-state index is 0.0195. The first kappa shape index (κ1) is 11.3. The average molecular weight is 209 g/mol. The second-order valence-electron chi connectivity index (χ2n) is 3.59. The summed E-state index contributed by atoms with van der Waals surface area (Å²) in [6, 6.07) is 1.08. The zero-order chi connectivity index (χ0) is 11.6. The van der Waals surface area contributed by atoms with Crippen LogP contribution in [0.3, 0.4) is 0 Å². The minimum Gasteiger partial charge on any atom is -0.507 e. The normalized spacial score (nSPS) is 10.4. The van der Waals surface area contributed by atoms with E-state index < -0.39 is 5.56 Å². The fourth-order valence-corrected chi connectivity index (χ4v) is 1.30. The summed E-state index contributed by atoms with van der Waals surface area (Å²) in [5, 5.41) is 20.2. The van der Waals surface area contributed by atoms with E-state index in [0.29, 0.717) is 11.4 Å². The van der Waals surface area contributed by atoms with Gasteiger partial charge in [0.2, 0.25) is 0 Å². The highest BCUT2D eigenvalue weighted by Crippen LogP contribution is 2.24. The molecule has 0 atom stereocenters. The van der Waals surface area contributed by atoms with Crippen LogP contribution in [0.15, 0.2) is 10.9 Å². The van der Waals surface area contributed by atoms with Gasteiger partial charge in [0.15, 0.2) is 0 Å². The third-order valence-electron chi connectivity index (χ3n) is 2.12. The molecule has 15 heavy (non-hydrogen) atoms. The largest absolute Gasteiger partial charge is 0.507 e. The van der Waals surface area contributed by atoms with Crippen LogP contribution in [0.5, 0.6) is 5.75 Å². The second kappa shape index (κ2) is 4.16. The predicted octanol–water partition coefficient (Wildman–Crippen LogP) is 1.15. The van der Waals surface area contributed by atoms with Gasteiger partial charge in [0, 0.05) is 18.8 Å². The summed E-state index contributed by atoms with van der Waals surface area (Å²) in [4.78, 5) is 13.6. The molecule has 0 aliphatic carbocycles. The highest BCUT2D eigenvalue weighted by atomic mass is 16.3. The second-order valence-corrected chi connectivity index (χ2v) is 3.59. The summed E-state index contributed by atoms with van der Waals surface area (Å²) in [7, 11) is 1.63. The third kappa shape index (κ3) is 2.18. The van der Waals surface area contributed by atoms with Crippen molar-refractivity contribution in [2.75, 3.05) is 12.4 Å². The van der Waals surface area contributed by atoms with Gasteiger partial charge < -0.3 is 20.8 Å². The first-order chi connectivity index (χ1) is 6.97. The zero-order valence-corrected chi connectivity index (χ0v) is 9.01. The highest BCUT2D eigenvalue weighted by molar-refractivity contribution is 6.05. The summed E-state index contributed by atoms with van der Waals surface area (Å²) in [5.74, 6) is 0.189. The number of hydrogen-bond donors (Lipinski definition) is 4. The van der Waals surface area contributed by atoms with Crippen molar-refractivity contribution in [3.8, 4) is 5.75 Å². The standard InChI is InChI=1S/C10H15N3O2/c1-5(2)9(11)8-6(14)4-7(15)13-10(8)12-3/h4-5,11H,1-3H3,(H3,12,13,14,15). The van der Waals surface area contributed by atoms with Gasteiger partial charge in [-0.2, -0.15) is 0 Å². The van der Waals surface area contributed by atoms with Crippen LogP contribution in [-0.4, -0.2) is 22.8 Å². The topological polar surface area (TPSA) is 89.0 Å². The zero-order valence-electron chi connectivity index (χ0n) is 9.01. The Morgan fingerprint density at radius 1 is 1.60 bits per heavy atom. The molecule has 0 aliphatic heterocycles. The Morgan fingerprint density at radius 2 is 2.20 bits per heavy atom. The first-order valence-electron chi connectivity index (χ1n) is 4.70. The highest BCUT2D eigenvalue weighted by Gasteiger charge is 2.16. The van der Waals surface area contributed by atoms with Gasteiger partial charge in [0.05, 0.1) is 5.56 Å². The van der Waals surface area contributed by atoms with Crippen molar-refractivity contribution in [1.82, 2.24) is 4.98 Å². The van der Waals surface area contributed by atoms with Crippen molar-refractivity contribution >= 4 is 11.5 Å². The summed E-state index contributed by atoms with van der Waals surface area (Å²) in [6.07, 6.45) is 0.